The SMILES string of the molecule is Brc1ccc2[nH]cc(C3(c4c[nH]c5ccc(Br)cc45)c4ccccc4-c4nc5ccccc5nc43)c2c1. The maximum absolute atomic E-state index is 5.38. The van der Waals surface area contributed by atoms with E-state index in [-0.39, 0.29) is 0 Å². The molecular weight excluding hydrogens is 588 g/mol. The average molecular weight is 606 g/mol. The van der Waals surface area contributed by atoms with Crippen molar-refractivity contribution in [2.45, 2.75) is 5.41 Å². The number of aromatic nitrogens is 4. The van der Waals surface area contributed by atoms with E-state index in [2.05, 4.69) is 115 Å². The van der Waals surface area contributed by atoms with Crippen molar-refractivity contribution >= 4 is 64.7 Å². The molecule has 0 bridgehead atoms. The maximum Gasteiger partial charge on any atom is 0.0944 e. The number of aromatic amines is 2. The number of halogens is 2. The number of para-hydroxylation sites is 2. The first kappa shape index (κ1) is 21.4. The molecule has 3 heterocycles. The lowest BCUT2D eigenvalue weighted by Gasteiger charge is -2.31. The molecule has 1 aliphatic rings. The summed E-state index contributed by atoms with van der Waals surface area (Å²) in [6.45, 7) is 0. The minimum absolute atomic E-state index is 0.680. The van der Waals surface area contributed by atoms with Gasteiger partial charge in [-0.2, -0.15) is 0 Å². The van der Waals surface area contributed by atoms with Gasteiger partial charge in [-0.1, -0.05) is 68.3 Å². The summed E-state index contributed by atoms with van der Waals surface area (Å²) >= 11 is 7.43. The molecule has 8 rings (SSSR count). The van der Waals surface area contributed by atoms with Gasteiger partial charge >= 0.3 is 0 Å². The molecule has 176 valence electrons. The zero-order valence-corrected chi connectivity index (χ0v) is 22.6. The van der Waals surface area contributed by atoms with Gasteiger partial charge < -0.3 is 9.97 Å². The highest BCUT2D eigenvalue weighted by molar-refractivity contribution is 9.10. The Morgan fingerprint density at radius 2 is 1.16 bits per heavy atom. The molecule has 37 heavy (non-hydrogen) atoms. The minimum Gasteiger partial charge on any atom is -0.361 e. The summed E-state index contributed by atoms with van der Waals surface area (Å²) in [5.74, 6) is 0. The maximum atomic E-state index is 5.38. The minimum atomic E-state index is -0.680. The van der Waals surface area contributed by atoms with Gasteiger partial charge in [0.1, 0.15) is 0 Å². The largest absolute Gasteiger partial charge is 0.361 e. The van der Waals surface area contributed by atoms with Crippen LogP contribution < -0.4 is 0 Å². The predicted octanol–water partition coefficient (Wildman–Crippen LogP) is 8.48. The fraction of sp³-hybridized carbons (Fsp3) is 0.0323. The number of H-pyrrole nitrogens is 2. The Hall–Kier alpha value is -3.74. The first-order chi connectivity index (χ1) is 18.1. The van der Waals surface area contributed by atoms with Gasteiger partial charge in [0.25, 0.3) is 0 Å². The Balaban J connectivity index is 1.63. The van der Waals surface area contributed by atoms with Gasteiger partial charge in [0, 0.05) is 48.7 Å². The van der Waals surface area contributed by atoms with Crippen LogP contribution in [0.3, 0.4) is 0 Å². The fourth-order valence-corrected chi connectivity index (χ4v) is 6.81. The van der Waals surface area contributed by atoms with Crippen LogP contribution in [0.15, 0.2) is 106 Å². The number of hydrogen-bond donors (Lipinski definition) is 2. The van der Waals surface area contributed by atoms with E-state index in [4.69, 9.17) is 9.97 Å². The van der Waals surface area contributed by atoms with E-state index in [0.29, 0.717) is 0 Å². The third-order valence-electron chi connectivity index (χ3n) is 7.61. The highest BCUT2D eigenvalue weighted by atomic mass is 79.9. The molecule has 0 fully saturated rings. The molecule has 0 saturated heterocycles. The Kier molecular flexibility index (Phi) is 4.41. The van der Waals surface area contributed by atoms with Crippen molar-refractivity contribution in [1.82, 2.24) is 19.9 Å². The Bertz CT molecular complexity index is 1950. The van der Waals surface area contributed by atoms with Gasteiger partial charge in [0.15, 0.2) is 0 Å². The Morgan fingerprint density at radius 3 is 1.81 bits per heavy atom. The van der Waals surface area contributed by atoms with E-state index >= 15 is 0 Å². The lowest BCUT2D eigenvalue weighted by atomic mass is 9.69. The van der Waals surface area contributed by atoms with E-state index in [9.17, 15) is 0 Å². The average Bonchev–Trinajstić information content (AvgIpc) is 3.60. The number of hydrogen-bond acceptors (Lipinski definition) is 2. The van der Waals surface area contributed by atoms with Crippen molar-refractivity contribution < 1.29 is 0 Å². The van der Waals surface area contributed by atoms with E-state index in [1.165, 1.54) is 5.56 Å². The summed E-state index contributed by atoms with van der Waals surface area (Å²) in [5.41, 5.74) is 9.76. The molecule has 3 aromatic heterocycles. The number of nitrogens with one attached hydrogen (secondary N) is 2. The summed E-state index contributed by atoms with van der Waals surface area (Å²) in [6.07, 6.45) is 4.30. The summed E-state index contributed by atoms with van der Waals surface area (Å²) < 4.78 is 2.07. The molecule has 4 aromatic carbocycles. The molecule has 0 amide bonds. The summed E-state index contributed by atoms with van der Waals surface area (Å²) in [4.78, 5) is 17.7. The molecule has 2 N–H and O–H groups in total. The van der Waals surface area contributed by atoms with Gasteiger partial charge in [0.05, 0.1) is 27.8 Å². The fourth-order valence-electron chi connectivity index (χ4n) is 6.09. The Morgan fingerprint density at radius 1 is 0.595 bits per heavy atom. The van der Waals surface area contributed by atoms with Crippen LogP contribution in [0.5, 0.6) is 0 Å². The molecular formula is C31H18Br2N4. The second kappa shape index (κ2) is 7.63. The zero-order valence-electron chi connectivity index (χ0n) is 19.4. The van der Waals surface area contributed by atoms with Crippen molar-refractivity contribution in [3.63, 3.8) is 0 Å². The van der Waals surface area contributed by atoms with E-state index in [1.807, 2.05) is 24.3 Å². The van der Waals surface area contributed by atoms with Crippen molar-refractivity contribution in [2.75, 3.05) is 0 Å². The first-order valence-corrected chi connectivity index (χ1v) is 13.6. The van der Waals surface area contributed by atoms with Gasteiger partial charge in [-0.15, -0.1) is 0 Å². The van der Waals surface area contributed by atoms with E-state index in [0.717, 1.165) is 69.9 Å². The smallest absolute Gasteiger partial charge is 0.0944 e. The molecule has 0 atom stereocenters. The van der Waals surface area contributed by atoms with Crippen LogP contribution in [-0.2, 0) is 5.41 Å². The quantitative estimate of drug-likeness (QED) is 0.208. The Labute approximate surface area is 229 Å². The number of rotatable bonds is 2. The first-order valence-electron chi connectivity index (χ1n) is 12.1. The molecule has 0 unspecified atom stereocenters. The van der Waals surface area contributed by atoms with Crippen molar-refractivity contribution in [2.24, 2.45) is 0 Å². The highest BCUT2D eigenvalue weighted by Gasteiger charge is 2.51. The van der Waals surface area contributed by atoms with Crippen LogP contribution in [0.2, 0.25) is 0 Å². The second-order valence-electron chi connectivity index (χ2n) is 9.49. The van der Waals surface area contributed by atoms with Gasteiger partial charge in [0.2, 0.25) is 0 Å². The zero-order chi connectivity index (χ0) is 24.7. The van der Waals surface area contributed by atoms with E-state index < -0.39 is 5.41 Å². The molecule has 0 spiro atoms. The number of benzene rings is 4. The predicted molar refractivity (Wildman–Crippen MR) is 156 cm³/mol. The van der Waals surface area contributed by atoms with Crippen molar-refractivity contribution in [3.05, 3.63) is 129 Å². The number of nitrogens with zero attached hydrogens (tertiary/aromatic N) is 2. The third-order valence-corrected chi connectivity index (χ3v) is 8.59. The summed E-state index contributed by atoms with van der Waals surface area (Å²) in [6, 6.07) is 29.5. The topological polar surface area (TPSA) is 57.4 Å². The van der Waals surface area contributed by atoms with Crippen molar-refractivity contribution in [3.8, 4) is 11.3 Å². The van der Waals surface area contributed by atoms with Gasteiger partial charge in [-0.05, 0) is 65.2 Å². The van der Waals surface area contributed by atoms with Crippen LogP contribution in [0, 0.1) is 0 Å². The normalized spacial score (nSPS) is 13.9. The van der Waals surface area contributed by atoms with Crippen molar-refractivity contribution in [1.29, 1.82) is 0 Å². The van der Waals surface area contributed by atoms with Crippen LogP contribution in [-0.4, -0.2) is 19.9 Å². The molecule has 0 aliphatic heterocycles. The van der Waals surface area contributed by atoms with Crippen LogP contribution in [0.25, 0.3) is 44.1 Å². The summed E-state index contributed by atoms with van der Waals surface area (Å²) in [7, 11) is 0. The second-order valence-corrected chi connectivity index (χ2v) is 11.3. The molecule has 0 radical (unpaired) electrons. The molecule has 0 saturated carbocycles. The number of fused-ring (bicyclic) bond motifs is 6. The third kappa shape index (κ3) is 2.82. The van der Waals surface area contributed by atoms with Gasteiger partial charge in [-0.3, -0.25) is 0 Å². The lowest BCUT2D eigenvalue weighted by Crippen LogP contribution is -2.29. The lowest BCUT2D eigenvalue weighted by molar-refractivity contribution is 0.753. The monoisotopic (exact) mass is 604 g/mol. The van der Waals surface area contributed by atoms with Crippen LogP contribution >= 0.6 is 31.9 Å². The van der Waals surface area contributed by atoms with Gasteiger partial charge in [-0.25, -0.2) is 9.97 Å². The van der Waals surface area contributed by atoms with Crippen LogP contribution in [0.1, 0.15) is 22.4 Å². The molecule has 1 aliphatic carbocycles. The van der Waals surface area contributed by atoms with E-state index in [1.54, 1.807) is 0 Å². The van der Waals surface area contributed by atoms with Crippen LogP contribution in [0.4, 0.5) is 0 Å². The molecule has 4 nitrogen and oxygen atoms in total. The summed E-state index contributed by atoms with van der Waals surface area (Å²) in [5, 5.41) is 2.30. The highest BCUT2D eigenvalue weighted by Crippen LogP contribution is 2.57. The molecule has 7 aromatic rings. The standard InChI is InChI=1S/C31H18Br2N4/c32-17-9-11-25-20(13-17)23(15-34-25)31(24-16-35-26-12-10-18(33)14-21(24)26)22-6-2-1-5-19(22)29-30(31)37-28-8-4-3-7-27(28)36-29/h1-16,34-35H. The molecule has 6 heteroatoms.